The number of hydrogen-bond donors (Lipinski definition) is 3. The van der Waals surface area contributed by atoms with Crippen LogP contribution in [0.2, 0.25) is 0 Å². The summed E-state index contributed by atoms with van der Waals surface area (Å²) in [7, 11) is 0. The summed E-state index contributed by atoms with van der Waals surface area (Å²) in [6.07, 6.45) is 0.171. The second-order valence-electron chi connectivity index (χ2n) is 8.17. The maximum absolute atomic E-state index is 13.2. The van der Waals surface area contributed by atoms with Gasteiger partial charge in [-0.05, 0) is 53.9 Å². The van der Waals surface area contributed by atoms with Crippen LogP contribution >= 0.6 is 0 Å². The molecule has 172 valence electrons. The number of benzene rings is 3. The van der Waals surface area contributed by atoms with Crippen molar-refractivity contribution in [3.63, 3.8) is 0 Å². The fourth-order valence-corrected chi connectivity index (χ4v) is 4.02. The molecule has 0 radical (unpaired) electrons. The van der Waals surface area contributed by atoms with Crippen LogP contribution in [0.1, 0.15) is 45.2 Å². The first-order valence-corrected chi connectivity index (χ1v) is 11.0. The first-order chi connectivity index (χ1) is 16.4. The van der Waals surface area contributed by atoms with Gasteiger partial charge >= 0.3 is 0 Å². The molecule has 2 amide bonds. The Bertz CT molecular complexity index is 1310. The molecular formula is C27H27N5O2. The zero-order chi connectivity index (χ0) is 24.1. The van der Waals surface area contributed by atoms with E-state index in [1.165, 1.54) is 0 Å². The molecule has 1 aromatic heterocycles. The Hall–Kier alpha value is -4.23. The van der Waals surface area contributed by atoms with Crippen LogP contribution < -0.4 is 16.8 Å². The zero-order valence-corrected chi connectivity index (χ0v) is 18.9. The monoisotopic (exact) mass is 453 g/mol. The van der Waals surface area contributed by atoms with Gasteiger partial charge in [-0.25, -0.2) is 4.68 Å². The summed E-state index contributed by atoms with van der Waals surface area (Å²) in [6, 6.07) is 26.6. The molecule has 0 bridgehead atoms. The van der Waals surface area contributed by atoms with Crippen LogP contribution in [0.4, 0.5) is 5.69 Å². The number of amides is 2. The van der Waals surface area contributed by atoms with E-state index in [2.05, 4.69) is 10.4 Å². The predicted molar refractivity (Wildman–Crippen MR) is 133 cm³/mol. The molecule has 0 saturated carbocycles. The summed E-state index contributed by atoms with van der Waals surface area (Å²) in [6.45, 7) is 2.24. The lowest BCUT2D eigenvalue weighted by Gasteiger charge is -2.18. The van der Waals surface area contributed by atoms with Crippen molar-refractivity contribution in [1.29, 1.82) is 0 Å². The molecule has 7 heteroatoms. The fourth-order valence-electron chi connectivity index (χ4n) is 4.02. The van der Waals surface area contributed by atoms with Gasteiger partial charge in [0, 0.05) is 24.6 Å². The molecule has 4 aromatic rings. The number of carbonyl (C=O) groups excluding carboxylic acids is 2. The van der Waals surface area contributed by atoms with Gasteiger partial charge in [0.15, 0.2) is 0 Å². The molecule has 1 unspecified atom stereocenters. The molecule has 7 nitrogen and oxygen atoms in total. The third kappa shape index (κ3) is 5.22. The highest BCUT2D eigenvalue weighted by atomic mass is 16.2. The standard InChI is InChI=1S/C27H27N5O2/c1-18-13-25(32(31-18)23-12-5-7-19(14-23)17-28)27(34)30-22-11-6-10-21(15-22)24(16-26(29)33)20-8-3-2-4-9-20/h2-15,24H,16-17,28H2,1H3,(H2,29,33)(H,30,34). The van der Waals surface area contributed by atoms with Crippen LogP contribution in [0, 0.1) is 6.92 Å². The Kier molecular flexibility index (Phi) is 6.85. The normalized spacial score (nSPS) is 11.7. The first-order valence-electron chi connectivity index (χ1n) is 11.0. The molecule has 1 heterocycles. The topological polar surface area (TPSA) is 116 Å². The van der Waals surface area contributed by atoms with E-state index in [9.17, 15) is 9.59 Å². The van der Waals surface area contributed by atoms with Crippen molar-refractivity contribution in [2.75, 3.05) is 5.32 Å². The molecule has 0 aliphatic carbocycles. The van der Waals surface area contributed by atoms with Gasteiger partial charge in [0.05, 0.1) is 11.4 Å². The van der Waals surface area contributed by atoms with Crippen molar-refractivity contribution < 1.29 is 9.59 Å². The van der Waals surface area contributed by atoms with E-state index in [4.69, 9.17) is 11.5 Å². The second kappa shape index (κ2) is 10.1. The van der Waals surface area contributed by atoms with E-state index >= 15 is 0 Å². The minimum atomic E-state index is -0.387. The molecule has 0 spiro atoms. The van der Waals surface area contributed by atoms with E-state index < -0.39 is 0 Å². The van der Waals surface area contributed by atoms with Crippen LogP contribution in [0.3, 0.4) is 0 Å². The summed E-state index contributed by atoms with van der Waals surface area (Å²) >= 11 is 0. The van der Waals surface area contributed by atoms with Gasteiger partial charge in [-0.3, -0.25) is 9.59 Å². The molecule has 0 saturated heterocycles. The minimum Gasteiger partial charge on any atom is -0.370 e. The average molecular weight is 454 g/mol. The second-order valence-corrected chi connectivity index (χ2v) is 8.17. The third-order valence-corrected chi connectivity index (χ3v) is 5.61. The summed E-state index contributed by atoms with van der Waals surface area (Å²) in [5.41, 5.74) is 16.7. The van der Waals surface area contributed by atoms with E-state index in [0.717, 1.165) is 28.1 Å². The highest BCUT2D eigenvalue weighted by Crippen LogP contribution is 2.29. The molecule has 5 N–H and O–H groups in total. The van der Waals surface area contributed by atoms with Crippen molar-refractivity contribution in [2.24, 2.45) is 11.5 Å². The molecule has 4 rings (SSSR count). The number of primary amides is 1. The first kappa shape index (κ1) is 22.9. The van der Waals surface area contributed by atoms with E-state index in [0.29, 0.717) is 17.9 Å². The minimum absolute atomic E-state index is 0.171. The Morgan fingerprint density at radius 1 is 0.941 bits per heavy atom. The summed E-state index contributed by atoms with van der Waals surface area (Å²) in [5, 5.41) is 7.47. The number of nitrogens with two attached hydrogens (primary N) is 2. The van der Waals surface area contributed by atoms with Crippen LogP contribution in [-0.4, -0.2) is 21.6 Å². The van der Waals surface area contributed by atoms with Crippen LogP contribution in [0.5, 0.6) is 0 Å². The molecule has 0 fully saturated rings. The van der Waals surface area contributed by atoms with Crippen molar-refractivity contribution in [3.05, 3.63) is 113 Å². The van der Waals surface area contributed by atoms with Gasteiger partial charge in [0.1, 0.15) is 5.69 Å². The lowest BCUT2D eigenvalue weighted by Crippen LogP contribution is -2.18. The smallest absolute Gasteiger partial charge is 0.274 e. The Morgan fingerprint density at radius 2 is 1.68 bits per heavy atom. The number of aromatic nitrogens is 2. The van der Waals surface area contributed by atoms with E-state index in [-0.39, 0.29) is 24.2 Å². The van der Waals surface area contributed by atoms with Gasteiger partial charge in [-0.1, -0.05) is 54.6 Å². The summed E-state index contributed by atoms with van der Waals surface area (Å²) in [5.74, 6) is -0.883. The van der Waals surface area contributed by atoms with Crippen molar-refractivity contribution in [1.82, 2.24) is 9.78 Å². The third-order valence-electron chi connectivity index (χ3n) is 5.61. The van der Waals surface area contributed by atoms with Gasteiger partial charge in [0.2, 0.25) is 5.91 Å². The lowest BCUT2D eigenvalue weighted by atomic mass is 9.88. The van der Waals surface area contributed by atoms with Crippen LogP contribution in [-0.2, 0) is 11.3 Å². The van der Waals surface area contributed by atoms with E-state index in [1.807, 2.05) is 85.8 Å². The Morgan fingerprint density at radius 3 is 2.41 bits per heavy atom. The quantitative estimate of drug-likeness (QED) is 0.375. The summed E-state index contributed by atoms with van der Waals surface area (Å²) in [4.78, 5) is 25.0. The van der Waals surface area contributed by atoms with Gasteiger partial charge in [-0.15, -0.1) is 0 Å². The number of hydrogen-bond acceptors (Lipinski definition) is 4. The summed E-state index contributed by atoms with van der Waals surface area (Å²) < 4.78 is 1.62. The fraction of sp³-hybridized carbons (Fsp3) is 0.148. The van der Waals surface area contributed by atoms with Gasteiger partial charge in [-0.2, -0.15) is 5.10 Å². The van der Waals surface area contributed by atoms with E-state index in [1.54, 1.807) is 10.7 Å². The largest absolute Gasteiger partial charge is 0.370 e. The number of carbonyl (C=O) groups is 2. The number of anilines is 1. The molecule has 34 heavy (non-hydrogen) atoms. The molecule has 1 atom stereocenters. The number of aryl methyl sites for hydroxylation is 1. The molecule has 0 aliphatic rings. The Balaban J connectivity index is 1.63. The highest BCUT2D eigenvalue weighted by molar-refractivity contribution is 6.03. The van der Waals surface area contributed by atoms with Crippen LogP contribution in [0.15, 0.2) is 84.9 Å². The molecule has 0 aliphatic heterocycles. The van der Waals surface area contributed by atoms with Crippen molar-refractivity contribution in [2.45, 2.75) is 25.8 Å². The maximum Gasteiger partial charge on any atom is 0.274 e. The van der Waals surface area contributed by atoms with Gasteiger partial charge < -0.3 is 16.8 Å². The Labute approximate surface area is 198 Å². The predicted octanol–water partition coefficient (Wildman–Crippen LogP) is 3.90. The maximum atomic E-state index is 13.2. The number of nitrogens with zero attached hydrogens (tertiary/aromatic N) is 2. The van der Waals surface area contributed by atoms with Gasteiger partial charge in [0.25, 0.3) is 5.91 Å². The van der Waals surface area contributed by atoms with Crippen molar-refractivity contribution >= 4 is 17.5 Å². The molecule has 3 aromatic carbocycles. The zero-order valence-electron chi connectivity index (χ0n) is 18.9. The molecular weight excluding hydrogens is 426 g/mol. The number of nitrogens with one attached hydrogen (secondary N) is 1. The average Bonchev–Trinajstić information content (AvgIpc) is 3.25. The van der Waals surface area contributed by atoms with Crippen LogP contribution in [0.25, 0.3) is 5.69 Å². The lowest BCUT2D eigenvalue weighted by molar-refractivity contribution is -0.118. The highest BCUT2D eigenvalue weighted by Gasteiger charge is 2.19. The number of rotatable bonds is 8. The SMILES string of the molecule is Cc1cc(C(=O)Nc2cccc(C(CC(N)=O)c3ccccc3)c2)n(-c2cccc(CN)c2)n1. The van der Waals surface area contributed by atoms with Crippen molar-refractivity contribution in [3.8, 4) is 5.69 Å².